The molecule has 20 heavy (non-hydrogen) atoms. The molecule has 0 fully saturated rings. The molecule has 110 valence electrons. The first kappa shape index (κ1) is 15.9. The van der Waals surface area contributed by atoms with E-state index in [2.05, 4.69) is 6.58 Å². The van der Waals surface area contributed by atoms with Gasteiger partial charge >= 0.3 is 17.9 Å². The van der Waals surface area contributed by atoms with Gasteiger partial charge in [0.1, 0.15) is 0 Å². The first-order valence-corrected chi connectivity index (χ1v) is 6.41. The fourth-order valence-corrected chi connectivity index (χ4v) is 1.91. The molecule has 6 nitrogen and oxygen atoms in total. The second-order valence-corrected chi connectivity index (χ2v) is 4.37. The molecule has 0 heterocycles. The molecular weight excluding hydrogens is 264 g/mol. The normalized spacial score (nSPS) is 21.0. The Hall–Kier alpha value is -2.11. The van der Waals surface area contributed by atoms with Gasteiger partial charge in [-0.15, -0.1) is 0 Å². The van der Waals surface area contributed by atoms with Crippen LogP contribution < -0.4 is 0 Å². The Morgan fingerprint density at radius 1 is 1.30 bits per heavy atom. The minimum absolute atomic E-state index is 0.0833. The zero-order chi connectivity index (χ0) is 15.0. The summed E-state index contributed by atoms with van der Waals surface area (Å²) in [6.07, 6.45) is 5.87. The summed E-state index contributed by atoms with van der Waals surface area (Å²) >= 11 is 0. The Morgan fingerprint density at radius 3 is 2.65 bits per heavy atom. The molecule has 0 saturated carbocycles. The highest BCUT2D eigenvalue weighted by Crippen LogP contribution is 2.26. The highest BCUT2D eigenvalue weighted by Gasteiger charge is 2.34. The molecule has 0 bridgehead atoms. The smallest absolute Gasteiger partial charge is 0.330 e. The zero-order valence-electron chi connectivity index (χ0n) is 11.1. The van der Waals surface area contributed by atoms with Crippen molar-refractivity contribution in [2.45, 2.75) is 19.3 Å². The Balaban J connectivity index is 2.32. The van der Waals surface area contributed by atoms with Crippen LogP contribution in [0.5, 0.6) is 0 Å². The summed E-state index contributed by atoms with van der Waals surface area (Å²) in [6, 6.07) is 0. The molecule has 0 radical (unpaired) electrons. The second-order valence-electron chi connectivity index (χ2n) is 4.37. The summed E-state index contributed by atoms with van der Waals surface area (Å²) in [4.78, 5) is 33.6. The summed E-state index contributed by atoms with van der Waals surface area (Å²) in [5, 5.41) is 9.05. The van der Waals surface area contributed by atoms with Crippen molar-refractivity contribution in [3.05, 3.63) is 24.8 Å². The van der Waals surface area contributed by atoms with E-state index in [0.717, 1.165) is 6.08 Å². The summed E-state index contributed by atoms with van der Waals surface area (Å²) < 4.78 is 9.73. The molecule has 2 unspecified atom stereocenters. The summed E-state index contributed by atoms with van der Waals surface area (Å²) in [7, 11) is 0. The Kier molecular flexibility index (Phi) is 6.49. The van der Waals surface area contributed by atoms with Crippen molar-refractivity contribution < 1.29 is 29.0 Å². The van der Waals surface area contributed by atoms with Gasteiger partial charge in [0.05, 0.1) is 25.0 Å². The molecule has 1 N–H and O–H groups in total. The third-order valence-electron chi connectivity index (χ3n) is 2.95. The number of hydrogen-bond acceptors (Lipinski definition) is 5. The number of carboxylic acid groups (broad SMARTS) is 1. The van der Waals surface area contributed by atoms with Crippen LogP contribution in [0.1, 0.15) is 19.3 Å². The maximum Gasteiger partial charge on any atom is 0.330 e. The van der Waals surface area contributed by atoms with Crippen LogP contribution in [0.2, 0.25) is 0 Å². The minimum atomic E-state index is -0.990. The van der Waals surface area contributed by atoms with Crippen molar-refractivity contribution in [1.82, 2.24) is 0 Å². The molecule has 6 heteroatoms. The monoisotopic (exact) mass is 282 g/mol. The van der Waals surface area contributed by atoms with Crippen molar-refractivity contribution in [2.75, 3.05) is 13.2 Å². The van der Waals surface area contributed by atoms with E-state index in [1.165, 1.54) is 0 Å². The van der Waals surface area contributed by atoms with Gasteiger partial charge in [0.25, 0.3) is 0 Å². The van der Waals surface area contributed by atoms with Crippen molar-refractivity contribution in [3.8, 4) is 0 Å². The van der Waals surface area contributed by atoms with Crippen LogP contribution in [0.3, 0.4) is 0 Å². The predicted molar refractivity (Wildman–Crippen MR) is 69.7 cm³/mol. The standard InChI is InChI=1S/C14H18O6/c1-2-12(15)19-8-5-9-20-14(18)11-7-4-3-6-10(11)13(16)17/h2,4,7,10-11H,1,3,5-6,8-9H2,(H,16,17). The van der Waals surface area contributed by atoms with Gasteiger partial charge in [0, 0.05) is 12.5 Å². The molecule has 0 aliphatic heterocycles. The molecule has 0 spiro atoms. The molecule has 1 aliphatic carbocycles. The highest BCUT2D eigenvalue weighted by atomic mass is 16.5. The molecule has 0 saturated heterocycles. The zero-order valence-corrected chi connectivity index (χ0v) is 11.1. The van der Waals surface area contributed by atoms with Crippen LogP contribution in [0.15, 0.2) is 24.8 Å². The molecule has 0 amide bonds. The molecular formula is C14H18O6. The lowest BCUT2D eigenvalue weighted by Gasteiger charge is -2.22. The Morgan fingerprint density at radius 2 is 2.00 bits per heavy atom. The van der Waals surface area contributed by atoms with E-state index >= 15 is 0 Å². The van der Waals surface area contributed by atoms with Crippen LogP contribution >= 0.6 is 0 Å². The predicted octanol–water partition coefficient (Wildman–Crippen LogP) is 1.32. The molecule has 0 aromatic rings. The van der Waals surface area contributed by atoms with E-state index in [1.54, 1.807) is 12.2 Å². The number of esters is 2. The number of hydrogen-bond donors (Lipinski definition) is 1. The Bertz CT molecular complexity index is 412. The van der Waals surface area contributed by atoms with Gasteiger partial charge in [-0.3, -0.25) is 9.59 Å². The fourth-order valence-electron chi connectivity index (χ4n) is 1.91. The number of ether oxygens (including phenoxy) is 2. The molecule has 1 rings (SSSR count). The van der Waals surface area contributed by atoms with Gasteiger partial charge < -0.3 is 14.6 Å². The molecule has 1 aliphatic rings. The quantitative estimate of drug-likeness (QED) is 0.328. The number of rotatable bonds is 7. The first-order valence-electron chi connectivity index (χ1n) is 6.41. The van der Waals surface area contributed by atoms with Crippen molar-refractivity contribution in [3.63, 3.8) is 0 Å². The van der Waals surface area contributed by atoms with E-state index in [4.69, 9.17) is 14.6 Å². The Labute approximate surface area is 117 Å². The van der Waals surface area contributed by atoms with E-state index in [9.17, 15) is 14.4 Å². The first-order chi connectivity index (χ1) is 9.56. The van der Waals surface area contributed by atoms with Crippen molar-refractivity contribution in [1.29, 1.82) is 0 Å². The summed E-state index contributed by atoms with van der Waals surface area (Å²) in [5.41, 5.74) is 0. The second kappa shape index (κ2) is 8.14. The summed E-state index contributed by atoms with van der Waals surface area (Å²) in [5.74, 6) is -3.54. The number of carboxylic acids is 1. The van der Waals surface area contributed by atoms with Crippen molar-refractivity contribution in [2.24, 2.45) is 11.8 Å². The van der Waals surface area contributed by atoms with Gasteiger partial charge in [-0.05, 0) is 12.8 Å². The highest BCUT2D eigenvalue weighted by molar-refractivity contribution is 5.83. The summed E-state index contributed by atoms with van der Waals surface area (Å²) in [6.45, 7) is 3.46. The SMILES string of the molecule is C=CC(=O)OCCCOC(=O)C1C=CCCC1C(=O)O. The van der Waals surface area contributed by atoms with Crippen LogP contribution in [0.25, 0.3) is 0 Å². The average Bonchev–Trinajstić information content (AvgIpc) is 2.46. The lowest BCUT2D eigenvalue weighted by atomic mass is 9.84. The van der Waals surface area contributed by atoms with Gasteiger partial charge in [0.2, 0.25) is 0 Å². The van der Waals surface area contributed by atoms with Gasteiger partial charge in [-0.1, -0.05) is 18.7 Å². The lowest BCUT2D eigenvalue weighted by molar-refractivity contribution is -0.156. The van der Waals surface area contributed by atoms with E-state index < -0.39 is 29.7 Å². The third-order valence-corrected chi connectivity index (χ3v) is 2.95. The van der Waals surface area contributed by atoms with Crippen LogP contribution in [-0.4, -0.2) is 36.2 Å². The van der Waals surface area contributed by atoms with Crippen LogP contribution in [0.4, 0.5) is 0 Å². The van der Waals surface area contributed by atoms with E-state index in [-0.39, 0.29) is 13.2 Å². The van der Waals surface area contributed by atoms with Gasteiger partial charge in [-0.2, -0.15) is 0 Å². The molecule has 0 aromatic heterocycles. The lowest BCUT2D eigenvalue weighted by Crippen LogP contribution is -2.31. The van der Waals surface area contributed by atoms with E-state index in [1.807, 2.05) is 0 Å². The largest absolute Gasteiger partial charge is 0.481 e. The van der Waals surface area contributed by atoms with Gasteiger partial charge in [0.15, 0.2) is 0 Å². The minimum Gasteiger partial charge on any atom is -0.481 e. The van der Waals surface area contributed by atoms with Crippen LogP contribution in [0, 0.1) is 11.8 Å². The third kappa shape index (κ3) is 4.87. The number of carbonyl (C=O) groups is 3. The van der Waals surface area contributed by atoms with Crippen molar-refractivity contribution >= 4 is 17.9 Å². The maximum atomic E-state index is 11.8. The number of allylic oxidation sites excluding steroid dienone is 1. The molecule has 0 aromatic carbocycles. The van der Waals surface area contributed by atoms with Gasteiger partial charge in [-0.25, -0.2) is 4.79 Å². The topological polar surface area (TPSA) is 89.9 Å². The number of carbonyl (C=O) groups excluding carboxylic acids is 2. The molecule has 2 atom stereocenters. The average molecular weight is 282 g/mol. The van der Waals surface area contributed by atoms with E-state index in [0.29, 0.717) is 19.3 Å². The fraction of sp³-hybridized carbons (Fsp3) is 0.500. The van der Waals surface area contributed by atoms with Crippen LogP contribution in [-0.2, 0) is 23.9 Å². The maximum absolute atomic E-state index is 11.8. The number of aliphatic carboxylic acids is 1.